The molecule has 0 saturated heterocycles. The number of rotatable bonds is 6. The predicted molar refractivity (Wildman–Crippen MR) is 257 cm³/mol. The number of aromatic nitrogens is 2. The van der Waals surface area contributed by atoms with Gasteiger partial charge in [0.2, 0.25) is 0 Å². The van der Waals surface area contributed by atoms with Gasteiger partial charge in [0.05, 0.1) is 17.1 Å². The van der Waals surface area contributed by atoms with Crippen molar-refractivity contribution in [2.24, 2.45) is 11.8 Å². The molecule has 7 heteroatoms. The van der Waals surface area contributed by atoms with Crippen LogP contribution >= 0.6 is 0 Å². The van der Waals surface area contributed by atoms with Crippen molar-refractivity contribution in [2.75, 3.05) is 9.80 Å². The number of pyridine rings is 2. The molecule has 2 aromatic heterocycles. The molecule has 4 aliphatic rings. The van der Waals surface area contributed by atoms with Crippen LogP contribution in [0, 0.1) is 11.8 Å². The van der Waals surface area contributed by atoms with Crippen molar-refractivity contribution >= 4 is 78.7 Å². The summed E-state index contributed by atoms with van der Waals surface area (Å²) in [5.74, 6) is 4.92. The van der Waals surface area contributed by atoms with Gasteiger partial charge >= 0.3 is 0 Å². The number of anilines is 5. The third-order valence-electron chi connectivity index (χ3n) is 13.1. The molecule has 0 bridgehead atoms. The number of benzene rings is 7. The van der Waals surface area contributed by atoms with Gasteiger partial charge in [0.25, 0.3) is 6.71 Å². The van der Waals surface area contributed by atoms with Crippen LogP contribution in [0.5, 0.6) is 17.2 Å². The monoisotopic (exact) mass is 808 g/mol. The molecule has 2 aliphatic carbocycles. The first-order chi connectivity index (χ1) is 31.3. The van der Waals surface area contributed by atoms with Gasteiger partial charge in [-0.3, -0.25) is 9.80 Å². The third kappa shape index (κ3) is 5.53. The quantitative estimate of drug-likeness (QED) is 0.156. The third-order valence-corrected chi connectivity index (χ3v) is 13.1. The number of ether oxygens (including phenoxy) is 2. The fraction of sp³-hybridized carbons (Fsp3) is 0.0357. The van der Waals surface area contributed by atoms with E-state index in [9.17, 15) is 0 Å². The number of hydrogen-bond donors (Lipinski definition) is 0. The van der Waals surface area contributed by atoms with E-state index in [0.29, 0.717) is 0 Å². The van der Waals surface area contributed by atoms with E-state index >= 15 is 0 Å². The molecular formula is C56H37BN4O2. The minimum atomic E-state index is -0.147. The van der Waals surface area contributed by atoms with Gasteiger partial charge in [-0.2, -0.15) is 0 Å². The van der Waals surface area contributed by atoms with E-state index in [0.717, 1.165) is 95.3 Å². The Morgan fingerprint density at radius 1 is 0.444 bits per heavy atom. The van der Waals surface area contributed by atoms with Gasteiger partial charge < -0.3 is 9.47 Å². The average molecular weight is 809 g/mol. The highest BCUT2D eigenvalue weighted by Gasteiger charge is 2.49. The van der Waals surface area contributed by atoms with E-state index in [1.54, 1.807) is 0 Å². The number of hydrogen-bond acceptors (Lipinski definition) is 6. The zero-order valence-corrected chi connectivity index (χ0v) is 34.0. The molecule has 2 atom stereocenters. The topological polar surface area (TPSA) is 50.7 Å². The van der Waals surface area contributed by atoms with Gasteiger partial charge in [0.1, 0.15) is 34.6 Å². The van der Waals surface area contributed by atoms with Crippen LogP contribution in [0.15, 0.2) is 230 Å². The highest BCUT2D eigenvalue weighted by molar-refractivity contribution is 6.95. The van der Waals surface area contributed by atoms with Crippen molar-refractivity contribution in [3.8, 4) is 17.2 Å². The van der Waals surface area contributed by atoms with Crippen molar-refractivity contribution in [2.45, 2.75) is 0 Å². The van der Waals surface area contributed by atoms with Crippen LogP contribution in [0.1, 0.15) is 0 Å². The molecule has 6 nitrogen and oxygen atoms in total. The lowest BCUT2D eigenvalue weighted by Crippen LogP contribution is -2.54. The van der Waals surface area contributed by atoms with E-state index in [4.69, 9.17) is 19.4 Å². The van der Waals surface area contributed by atoms with E-state index < -0.39 is 0 Å². The van der Waals surface area contributed by atoms with Crippen LogP contribution in [-0.2, 0) is 0 Å². The van der Waals surface area contributed by atoms with Crippen LogP contribution in [0.3, 0.4) is 0 Å². The zero-order chi connectivity index (χ0) is 41.4. The van der Waals surface area contributed by atoms with Gasteiger partial charge in [-0.15, -0.1) is 0 Å². The van der Waals surface area contributed by atoms with Crippen molar-refractivity contribution in [3.63, 3.8) is 0 Å². The Morgan fingerprint density at radius 3 is 1.68 bits per heavy atom. The Morgan fingerprint density at radius 2 is 1.00 bits per heavy atom. The van der Waals surface area contributed by atoms with Crippen LogP contribution in [0.4, 0.5) is 28.7 Å². The summed E-state index contributed by atoms with van der Waals surface area (Å²) in [5, 5.41) is 6.85. The molecule has 9 aromatic rings. The van der Waals surface area contributed by atoms with Crippen LogP contribution in [-0.4, -0.2) is 16.7 Å². The molecule has 296 valence electrons. The van der Waals surface area contributed by atoms with Gasteiger partial charge in [-0.1, -0.05) is 140 Å². The summed E-state index contributed by atoms with van der Waals surface area (Å²) >= 11 is 0. The second-order valence-corrected chi connectivity index (χ2v) is 16.4. The van der Waals surface area contributed by atoms with Crippen LogP contribution in [0.2, 0.25) is 0 Å². The van der Waals surface area contributed by atoms with Crippen LogP contribution < -0.4 is 30.2 Å². The molecular weight excluding hydrogens is 771 g/mol. The molecule has 63 heavy (non-hydrogen) atoms. The predicted octanol–water partition coefficient (Wildman–Crippen LogP) is 12.4. The fourth-order valence-corrected chi connectivity index (χ4v) is 10.5. The van der Waals surface area contributed by atoms with E-state index in [1.165, 1.54) is 10.9 Å². The maximum Gasteiger partial charge on any atom is 0.257 e. The molecule has 13 rings (SSSR count). The van der Waals surface area contributed by atoms with Crippen molar-refractivity contribution < 1.29 is 9.47 Å². The highest BCUT2D eigenvalue weighted by Crippen LogP contribution is 2.51. The summed E-state index contributed by atoms with van der Waals surface area (Å²) in [6.07, 6.45) is 15.1. The van der Waals surface area contributed by atoms with Gasteiger partial charge in [0.15, 0.2) is 0 Å². The van der Waals surface area contributed by atoms with Gasteiger partial charge in [-0.25, -0.2) is 9.97 Å². The van der Waals surface area contributed by atoms with E-state index in [-0.39, 0.29) is 18.5 Å². The van der Waals surface area contributed by atoms with E-state index in [1.807, 2.05) is 36.7 Å². The summed E-state index contributed by atoms with van der Waals surface area (Å²) in [7, 11) is 0. The second kappa shape index (κ2) is 14.2. The summed E-state index contributed by atoms with van der Waals surface area (Å²) in [4.78, 5) is 14.6. The first kappa shape index (κ1) is 35.6. The van der Waals surface area contributed by atoms with E-state index in [2.05, 4.69) is 186 Å². The highest BCUT2D eigenvalue weighted by atomic mass is 16.5. The average Bonchev–Trinajstić information content (AvgIpc) is 3.35. The molecule has 2 aliphatic heterocycles. The lowest BCUT2D eigenvalue weighted by molar-refractivity contribution is 0.411. The lowest BCUT2D eigenvalue weighted by atomic mass is 9.31. The first-order valence-corrected chi connectivity index (χ1v) is 21.5. The Hall–Kier alpha value is -8.16. The standard InChI is InChI=1S/C56H37BN4O2/c1-3-20-38-36(16-1)18-13-26-44(38)60(52-30-9-11-32-58-52)46-34-50-54(42-24-7-5-22-40(42)46)57-55-43-25-8-6-23-41(43)47(35-51(55)63-49-29-15-28-48(62-50)56(49)57)61(53-31-10-12-33-59-53)45-27-14-19-37-17-2-4-21-39(37)45/h1-35,40,42H. The van der Waals surface area contributed by atoms with Crippen molar-refractivity contribution in [1.29, 1.82) is 0 Å². The minimum Gasteiger partial charge on any atom is -0.459 e. The fourth-order valence-electron chi connectivity index (χ4n) is 10.5. The summed E-state index contributed by atoms with van der Waals surface area (Å²) < 4.78 is 14.2. The Balaban J connectivity index is 1.06. The molecule has 2 unspecified atom stereocenters. The van der Waals surface area contributed by atoms with Gasteiger partial charge in [0, 0.05) is 63.7 Å². The lowest BCUT2D eigenvalue weighted by Gasteiger charge is -2.44. The molecule has 0 fully saturated rings. The minimum absolute atomic E-state index is 0.0186. The number of nitrogens with zero attached hydrogens (tertiary/aromatic N) is 4. The Bertz CT molecular complexity index is 3440. The smallest absolute Gasteiger partial charge is 0.257 e. The zero-order valence-electron chi connectivity index (χ0n) is 34.0. The molecule has 0 spiro atoms. The van der Waals surface area contributed by atoms with Crippen molar-refractivity contribution in [3.05, 3.63) is 230 Å². The number of fused-ring (bicyclic) bond motifs is 9. The number of allylic oxidation sites excluding steroid dienone is 6. The van der Waals surface area contributed by atoms with Gasteiger partial charge in [-0.05, 0) is 75.6 Å². The molecule has 0 amide bonds. The summed E-state index contributed by atoms with van der Waals surface area (Å²) in [6, 6.07) is 59.6. The maximum atomic E-state index is 7.12. The Kier molecular flexibility index (Phi) is 8.03. The Labute approximate surface area is 365 Å². The van der Waals surface area contributed by atoms with Crippen LogP contribution in [0.25, 0.3) is 32.3 Å². The molecule has 4 heterocycles. The summed E-state index contributed by atoms with van der Waals surface area (Å²) in [5.41, 5.74) is 7.63. The SMILES string of the molecule is C1=CC2C(N(c3ccccn3)c3cccc4ccccc34)=CC3=C(B4c5c(cccc5Oc5cc(N(c6ccccn6)c6cccc7ccccc67)c6ccccc6c54)O3)C2C=C1. The second-order valence-electron chi connectivity index (χ2n) is 16.4. The maximum absolute atomic E-state index is 7.12. The largest absolute Gasteiger partial charge is 0.459 e. The molecule has 0 saturated carbocycles. The normalized spacial score (nSPS) is 16.7. The molecule has 0 N–H and O–H groups in total. The first-order valence-electron chi connectivity index (χ1n) is 21.5. The molecule has 7 aromatic carbocycles. The summed E-state index contributed by atoms with van der Waals surface area (Å²) in [6.45, 7) is -0.147. The molecule has 0 radical (unpaired) electrons. The van der Waals surface area contributed by atoms with Crippen molar-refractivity contribution in [1.82, 2.24) is 9.97 Å².